The van der Waals surface area contributed by atoms with E-state index in [9.17, 15) is 37.9 Å². The Bertz CT molecular complexity index is 1100. The number of aliphatic hydroxyl groups excluding tert-OH is 3. The minimum Gasteiger partial charge on any atom is -0.748 e. The molecule has 14 heteroatoms. The smallest absolute Gasteiger partial charge is 0.748 e. The molecule has 59 heavy (non-hydrogen) atoms. The third-order valence-electron chi connectivity index (χ3n) is 11.2. The predicted octanol–water partition coefficient (Wildman–Crippen LogP) is 6.34. The summed E-state index contributed by atoms with van der Waals surface area (Å²) in [6.45, 7) is 3.76. The number of esters is 2. The monoisotopic (exact) mass is 873 g/mol. The molecule has 1 aliphatic rings. The molecule has 1 heterocycles. The summed E-state index contributed by atoms with van der Waals surface area (Å²) in [5.74, 6) is -2.09. The molecule has 12 nitrogen and oxygen atoms in total. The maximum atomic E-state index is 12.8. The van der Waals surface area contributed by atoms with E-state index in [4.69, 9.17) is 18.9 Å². The molecular weight excluding hydrogens is 788 g/mol. The summed E-state index contributed by atoms with van der Waals surface area (Å²) in [6, 6.07) is 0. The van der Waals surface area contributed by atoms with Crippen LogP contribution >= 0.6 is 0 Å². The number of unbranched alkanes of at least 4 members (excludes halogenated alkanes) is 28. The third kappa shape index (κ3) is 33.8. The van der Waals surface area contributed by atoms with Crippen LogP contribution in [0.2, 0.25) is 0 Å². The second kappa shape index (κ2) is 39.3. The van der Waals surface area contributed by atoms with Gasteiger partial charge in [0.15, 0.2) is 12.4 Å². The first-order chi connectivity index (χ1) is 28.0. The van der Waals surface area contributed by atoms with Gasteiger partial charge in [-0.15, -0.1) is 0 Å². The first-order valence-electron chi connectivity index (χ1n) is 23.6. The van der Waals surface area contributed by atoms with E-state index in [1.165, 1.54) is 141 Å². The van der Waals surface area contributed by atoms with Crippen molar-refractivity contribution in [3.8, 4) is 0 Å². The van der Waals surface area contributed by atoms with Gasteiger partial charge in [-0.05, 0) is 12.8 Å². The quantitative estimate of drug-likeness (QED) is 0.0269. The molecule has 1 fully saturated rings. The van der Waals surface area contributed by atoms with Crippen molar-refractivity contribution < 1.29 is 86.4 Å². The minimum atomic E-state index is -4.85. The van der Waals surface area contributed by atoms with Crippen LogP contribution in [-0.2, 0) is 38.7 Å². The Morgan fingerprint density at radius 1 is 0.542 bits per heavy atom. The van der Waals surface area contributed by atoms with Crippen molar-refractivity contribution >= 4 is 22.1 Å². The van der Waals surface area contributed by atoms with E-state index in [1.807, 2.05) is 0 Å². The maximum Gasteiger partial charge on any atom is 1.00 e. The van der Waals surface area contributed by atoms with Crippen molar-refractivity contribution in [2.45, 2.75) is 256 Å². The molecule has 0 radical (unpaired) electrons. The zero-order chi connectivity index (χ0) is 42.7. The molecule has 0 aromatic heterocycles. The van der Waals surface area contributed by atoms with Crippen molar-refractivity contribution in [2.75, 3.05) is 19.0 Å². The third-order valence-corrected chi connectivity index (χ3v) is 11.9. The second-order valence-electron chi connectivity index (χ2n) is 16.8. The van der Waals surface area contributed by atoms with Gasteiger partial charge in [-0.2, -0.15) is 0 Å². The van der Waals surface area contributed by atoms with E-state index < -0.39 is 71.2 Å². The minimum absolute atomic E-state index is 0. The molecule has 0 aromatic rings. The van der Waals surface area contributed by atoms with Crippen LogP contribution < -0.4 is 29.6 Å². The molecule has 1 aliphatic heterocycles. The van der Waals surface area contributed by atoms with Crippen LogP contribution in [-0.4, -0.2) is 96.0 Å². The van der Waals surface area contributed by atoms with Gasteiger partial charge in [0.25, 0.3) is 0 Å². The van der Waals surface area contributed by atoms with Crippen molar-refractivity contribution in [3.63, 3.8) is 0 Å². The molecule has 0 bridgehead atoms. The largest absolute Gasteiger partial charge is 1.00 e. The van der Waals surface area contributed by atoms with E-state index in [-0.39, 0.29) is 49.0 Å². The van der Waals surface area contributed by atoms with Gasteiger partial charge < -0.3 is 38.8 Å². The topological polar surface area (TPSA) is 189 Å². The summed E-state index contributed by atoms with van der Waals surface area (Å²) < 4.78 is 55.9. The number of aliphatic hydroxyl groups is 3. The van der Waals surface area contributed by atoms with Crippen LogP contribution in [0.25, 0.3) is 0 Å². The second-order valence-corrected chi connectivity index (χ2v) is 18.2. The van der Waals surface area contributed by atoms with E-state index >= 15 is 0 Å². The molecule has 344 valence electrons. The standard InChI is InChI=1S/C45H86O12S.Na/c1-3-5-7-9-11-13-15-17-19-21-23-25-27-29-31-33-40(46)54-35-38(36-55-45-44(50)43(49)42(48)39(57-45)37-58(51,52)53)56-41(47)34-32-30-28-26-24-22-20-18-16-14-12-10-8-6-4-2;/h38-39,42-45,48-50H,3-37H2,1-2H3,(H,51,52,53);/q;+1/p-1/t38?,39-,42-,43+,44-,45+;/m1./s1. The van der Waals surface area contributed by atoms with Crippen LogP contribution in [0.5, 0.6) is 0 Å². The summed E-state index contributed by atoms with van der Waals surface area (Å²) >= 11 is 0. The number of hydrogen-bond donors (Lipinski definition) is 3. The van der Waals surface area contributed by atoms with Crippen LogP contribution in [0.15, 0.2) is 0 Å². The molecule has 0 saturated carbocycles. The zero-order valence-electron chi connectivity index (χ0n) is 37.6. The fourth-order valence-corrected chi connectivity index (χ4v) is 8.17. The molecule has 1 saturated heterocycles. The Morgan fingerprint density at radius 2 is 0.898 bits per heavy atom. The molecule has 0 aliphatic carbocycles. The Hall–Kier alpha value is -0.350. The normalized spacial score (nSPS) is 19.9. The van der Waals surface area contributed by atoms with E-state index in [2.05, 4.69) is 13.8 Å². The van der Waals surface area contributed by atoms with Gasteiger partial charge in [-0.3, -0.25) is 9.59 Å². The average molecular weight is 873 g/mol. The summed E-state index contributed by atoms with van der Waals surface area (Å²) in [5.41, 5.74) is 0. The van der Waals surface area contributed by atoms with Crippen molar-refractivity contribution in [2.24, 2.45) is 0 Å². The first-order valence-corrected chi connectivity index (χ1v) is 25.2. The van der Waals surface area contributed by atoms with Crippen molar-refractivity contribution in [3.05, 3.63) is 0 Å². The van der Waals surface area contributed by atoms with Crippen molar-refractivity contribution in [1.29, 1.82) is 0 Å². The summed E-state index contributed by atoms with van der Waals surface area (Å²) in [4.78, 5) is 25.4. The van der Waals surface area contributed by atoms with Crippen molar-refractivity contribution in [1.82, 2.24) is 0 Å². The van der Waals surface area contributed by atoms with Gasteiger partial charge in [0.1, 0.15) is 31.0 Å². The van der Waals surface area contributed by atoms with Gasteiger partial charge in [0.2, 0.25) is 0 Å². The summed E-state index contributed by atoms with van der Waals surface area (Å²) in [6.07, 6.45) is 26.8. The molecule has 6 atom stereocenters. The number of rotatable bonds is 40. The predicted molar refractivity (Wildman–Crippen MR) is 227 cm³/mol. The van der Waals surface area contributed by atoms with Gasteiger partial charge in [0, 0.05) is 12.8 Å². The molecule has 1 rings (SSSR count). The summed E-state index contributed by atoms with van der Waals surface area (Å²) in [5, 5.41) is 30.8. The van der Waals surface area contributed by atoms with Crippen LogP contribution in [0.1, 0.15) is 219 Å². The molecule has 1 unspecified atom stereocenters. The van der Waals surface area contributed by atoms with Gasteiger partial charge in [0.05, 0.1) is 22.5 Å². The Balaban J connectivity index is 0.0000336. The Kier molecular flexibility index (Phi) is 39.0. The molecule has 3 N–H and O–H groups in total. The van der Waals surface area contributed by atoms with E-state index in [0.717, 1.165) is 38.5 Å². The Morgan fingerprint density at radius 3 is 1.27 bits per heavy atom. The van der Waals surface area contributed by atoms with Crippen LogP contribution in [0.3, 0.4) is 0 Å². The zero-order valence-corrected chi connectivity index (χ0v) is 40.5. The van der Waals surface area contributed by atoms with E-state index in [0.29, 0.717) is 12.8 Å². The van der Waals surface area contributed by atoms with Gasteiger partial charge >= 0.3 is 41.5 Å². The molecule has 0 spiro atoms. The van der Waals surface area contributed by atoms with Gasteiger partial charge in [-0.25, -0.2) is 8.42 Å². The van der Waals surface area contributed by atoms with Crippen LogP contribution in [0.4, 0.5) is 0 Å². The number of carbonyl (C=O) groups excluding carboxylic acids is 2. The maximum absolute atomic E-state index is 12.8. The number of hydrogen-bond acceptors (Lipinski definition) is 12. The summed E-state index contributed by atoms with van der Waals surface area (Å²) in [7, 11) is -4.85. The number of carbonyl (C=O) groups is 2. The SMILES string of the molecule is CCCCCCCCCCCCCCCCCC(=O)OCC(CO[C@H]1O[C@H](CS(=O)(=O)[O-])[C@@H](O)[C@H](O)[C@H]1O)OC(=O)CCCCCCCCCCCCCCCCC.[Na+]. The fourth-order valence-electron chi connectivity index (χ4n) is 7.50. The molecule has 0 aromatic carbocycles. The number of ether oxygens (including phenoxy) is 4. The fraction of sp³-hybridized carbons (Fsp3) is 0.956. The first kappa shape index (κ1) is 58.6. The average Bonchev–Trinajstić information content (AvgIpc) is 3.18. The van der Waals surface area contributed by atoms with Gasteiger partial charge in [-0.1, -0.05) is 194 Å². The van der Waals surface area contributed by atoms with Crippen LogP contribution in [0, 0.1) is 0 Å². The van der Waals surface area contributed by atoms with E-state index in [1.54, 1.807) is 0 Å². The molecule has 0 amide bonds. The Labute approximate surface area is 381 Å². The molecular formula is C45H85NaO12S.